The summed E-state index contributed by atoms with van der Waals surface area (Å²) < 4.78 is 10.6. The number of nitrogens with one attached hydrogen (secondary N) is 1. The summed E-state index contributed by atoms with van der Waals surface area (Å²) in [6.07, 6.45) is 0. The van der Waals surface area contributed by atoms with E-state index in [1.54, 1.807) is 6.07 Å². The Kier molecular flexibility index (Phi) is 5.00. The largest absolute Gasteiger partial charge is 0.487 e. The molecule has 0 saturated carbocycles. The fourth-order valence-corrected chi connectivity index (χ4v) is 2.33. The van der Waals surface area contributed by atoms with Crippen LogP contribution in [0.15, 0.2) is 18.2 Å². The highest BCUT2D eigenvalue weighted by Gasteiger charge is 2.21. The highest BCUT2D eigenvalue weighted by molar-refractivity contribution is 6.31. The van der Waals surface area contributed by atoms with Gasteiger partial charge >= 0.3 is 5.97 Å². The van der Waals surface area contributed by atoms with Gasteiger partial charge in [0.15, 0.2) is 0 Å². The zero-order chi connectivity index (χ0) is 17.2. The van der Waals surface area contributed by atoms with Crippen molar-refractivity contribution >= 4 is 17.6 Å². The van der Waals surface area contributed by atoms with E-state index in [1.165, 1.54) is 7.11 Å². The lowest BCUT2D eigenvalue weighted by Gasteiger charge is -2.23. The van der Waals surface area contributed by atoms with Crippen LogP contribution >= 0.6 is 11.6 Å². The van der Waals surface area contributed by atoms with Gasteiger partial charge in [0, 0.05) is 10.6 Å². The summed E-state index contributed by atoms with van der Waals surface area (Å²) in [4.78, 5) is 11.4. The molecular formula is C17H21ClN2O3. The van der Waals surface area contributed by atoms with Crippen molar-refractivity contribution in [3.8, 4) is 5.75 Å². The first-order chi connectivity index (χ1) is 10.7. The van der Waals surface area contributed by atoms with E-state index < -0.39 is 5.97 Å². The Bertz CT molecular complexity index is 717. The number of nitrogens with zero attached hydrogens (tertiary/aromatic N) is 1. The molecule has 6 heteroatoms. The van der Waals surface area contributed by atoms with E-state index >= 15 is 0 Å². The molecule has 0 atom stereocenters. The molecule has 0 aliphatic heterocycles. The van der Waals surface area contributed by atoms with E-state index in [2.05, 4.69) is 35.7 Å². The third-order valence-corrected chi connectivity index (χ3v) is 3.89. The molecule has 124 valence electrons. The lowest BCUT2D eigenvalue weighted by molar-refractivity contribution is 0.0594. The number of methoxy groups -OCH3 is 1. The van der Waals surface area contributed by atoms with Gasteiger partial charge in [-0.25, -0.2) is 4.79 Å². The summed E-state index contributed by atoms with van der Waals surface area (Å²) in [6, 6.07) is 5.48. The van der Waals surface area contributed by atoms with E-state index in [0.717, 1.165) is 21.9 Å². The number of aromatic nitrogens is 2. The molecule has 1 heterocycles. The number of hydrogen-bond donors (Lipinski definition) is 1. The molecule has 0 fully saturated rings. The highest BCUT2D eigenvalue weighted by Crippen LogP contribution is 2.35. The predicted molar refractivity (Wildman–Crippen MR) is 89.1 cm³/mol. The number of rotatable bonds is 4. The predicted octanol–water partition coefficient (Wildman–Crippen LogP) is 4.03. The lowest BCUT2D eigenvalue weighted by atomic mass is 9.86. The minimum absolute atomic E-state index is 0.102. The molecule has 0 spiro atoms. The molecule has 0 unspecified atom stereocenters. The van der Waals surface area contributed by atoms with Gasteiger partial charge in [0.25, 0.3) is 0 Å². The summed E-state index contributed by atoms with van der Waals surface area (Å²) in [5.41, 5.74) is 2.80. The Morgan fingerprint density at radius 3 is 2.61 bits per heavy atom. The molecule has 0 aliphatic carbocycles. The topological polar surface area (TPSA) is 64.2 Å². The summed E-state index contributed by atoms with van der Waals surface area (Å²) in [5, 5.41) is 7.41. The third kappa shape index (κ3) is 4.05. The average Bonchev–Trinajstić information content (AvgIpc) is 2.95. The van der Waals surface area contributed by atoms with Gasteiger partial charge in [-0.2, -0.15) is 5.10 Å². The number of ether oxygens (including phenoxy) is 2. The van der Waals surface area contributed by atoms with Crippen molar-refractivity contribution in [2.45, 2.75) is 39.7 Å². The smallest absolute Gasteiger partial charge is 0.356 e. The zero-order valence-electron chi connectivity index (χ0n) is 14.0. The summed E-state index contributed by atoms with van der Waals surface area (Å²) in [7, 11) is 1.32. The quantitative estimate of drug-likeness (QED) is 0.856. The maximum absolute atomic E-state index is 11.4. The van der Waals surface area contributed by atoms with Crippen LogP contribution in [0.4, 0.5) is 0 Å². The van der Waals surface area contributed by atoms with Crippen molar-refractivity contribution in [2.24, 2.45) is 0 Å². The van der Waals surface area contributed by atoms with Crippen LogP contribution in [0.2, 0.25) is 5.02 Å². The van der Waals surface area contributed by atoms with Crippen molar-refractivity contribution in [3.63, 3.8) is 0 Å². The average molecular weight is 337 g/mol. The standard InChI is InChI=1S/C17H21ClN2O3/c1-10-6-15(12(8-13(10)18)17(2,3)4)23-9-11-7-14(20-19-11)16(21)22-5/h6-8H,9H2,1-5H3,(H,19,20). The normalized spacial score (nSPS) is 11.4. The number of halogens is 1. The molecule has 0 radical (unpaired) electrons. The highest BCUT2D eigenvalue weighted by atomic mass is 35.5. The summed E-state index contributed by atoms with van der Waals surface area (Å²) in [5.74, 6) is 0.309. The molecule has 0 saturated heterocycles. The molecule has 0 aliphatic rings. The van der Waals surface area contributed by atoms with Gasteiger partial charge in [0.2, 0.25) is 0 Å². The molecule has 2 rings (SSSR count). The van der Waals surface area contributed by atoms with Crippen molar-refractivity contribution in [1.82, 2.24) is 10.2 Å². The van der Waals surface area contributed by atoms with Gasteiger partial charge in [-0.1, -0.05) is 32.4 Å². The van der Waals surface area contributed by atoms with Crippen LogP contribution in [0.5, 0.6) is 5.75 Å². The first-order valence-electron chi connectivity index (χ1n) is 7.28. The van der Waals surface area contributed by atoms with Crippen LogP contribution < -0.4 is 4.74 Å². The Morgan fingerprint density at radius 2 is 2.00 bits per heavy atom. The van der Waals surface area contributed by atoms with Crippen molar-refractivity contribution < 1.29 is 14.3 Å². The van der Waals surface area contributed by atoms with Gasteiger partial charge in [-0.3, -0.25) is 5.10 Å². The second kappa shape index (κ2) is 6.62. The molecule has 2 aromatic rings. The van der Waals surface area contributed by atoms with Gasteiger partial charge in [-0.15, -0.1) is 0 Å². The number of esters is 1. The molecule has 1 aromatic heterocycles. The van der Waals surface area contributed by atoms with Gasteiger partial charge < -0.3 is 9.47 Å². The van der Waals surface area contributed by atoms with Crippen molar-refractivity contribution in [2.75, 3.05) is 7.11 Å². The fourth-order valence-electron chi connectivity index (χ4n) is 2.16. The van der Waals surface area contributed by atoms with Crippen LogP contribution in [-0.2, 0) is 16.8 Å². The molecule has 1 aromatic carbocycles. The lowest BCUT2D eigenvalue weighted by Crippen LogP contribution is -2.14. The fraction of sp³-hybridized carbons (Fsp3) is 0.412. The van der Waals surface area contributed by atoms with Gasteiger partial charge in [0.05, 0.1) is 7.11 Å². The molecule has 1 N–H and O–H groups in total. The number of aromatic amines is 1. The van der Waals surface area contributed by atoms with E-state index in [1.807, 2.05) is 19.1 Å². The number of benzene rings is 1. The molecular weight excluding hydrogens is 316 g/mol. The van der Waals surface area contributed by atoms with Gasteiger partial charge in [0.1, 0.15) is 23.7 Å². The van der Waals surface area contributed by atoms with Crippen LogP contribution in [0.25, 0.3) is 0 Å². The van der Waals surface area contributed by atoms with E-state index in [9.17, 15) is 4.79 Å². The Hall–Kier alpha value is -2.01. The first kappa shape index (κ1) is 17.3. The Morgan fingerprint density at radius 1 is 1.30 bits per heavy atom. The summed E-state index contributed by atoms with van der Waals surface area (Å²) in [6.45, 7) is 8.49. The number of carbonyl (C=O) groups excluding carboxylic acids is 1. The van der Waals surface area contributed by atoms with Gasteiger partial charge in [-0.05, 0) is 36.1 Å². The van der Waals surface area contributed by atoms with Crippen LogP contribution in [0, 0.1) is 6.92 Å². The SMILES string of the molecule is COC(=O)c1cc(COc2cc(C)c(Cl)cc2C(C)(C)C)n[nH]1. The van der Waals surface area contributed by atoms with E-state index in [0.29, 0.717) is 11.4 Å². The number of carbonyl (C=O) groups is 1. The van der Waals surface area contributed by atoms with Crippen LogP contribution in [-0.4, -0.2) is 23.3 Å². The second-order valence-corrected chi connectivity index (χ2v) is 6.81. The van der Waals surface area contributed by atoms with E-state index in [4.69, 9.17) is 16.3 Å². The monoisotopic (exact) mass is 336 g/mol. The zero-order valence-corrected chi connectivity index (χ0v) is 14.7. The molecule has 23 heavy (non-hydrogen) atoms. The first-order valence-corrected chi connectivity index (χ1v) is 7.66. The molecule has 0 bridgehead atoms. The molecule has 5 nitrogen and oxygen atoms in total. The van der Waals surface area contributed by atoms with Crippen LogP contribution in [0.1, 0.15) is 48.1 Å². The summed E-state index contributed by atoms with van der Waals surface area (Å²) >= 11 is 6.24. The maximum atomic E-state index is 11.4. The van der Waals surface area contributed by atoms with Crippen molar-refractivity contribution in [1.29, 1.82) is 0 Å². The molecule has 0 amide bonds. The minimum Gasteiger partial charge on any atom is -0.487 e. The van der Waals surface area contributed by atoms with Crippen molar-refractivity contribution in [3.05, 3.63) is 45.7 Å². The second-order valence-electron chi connectivity index (χ2n) is 6.40. The maximum Gasteiger partial charge on any atom is 0.356 e. The van der Waals surface area contributed by atoms with E-state index in [-0.39, 0.29) is 12.0 Å². The minimum atomic E-state index is -0.457. The third-order valence-electron chi connectivity index (χ3n) is 3.48. The Labute approximate surface area is 140 Å². The number of H-pyrrole nitrogens is 1. The van der Waals surface area contributed by atoms with Crippen LogP contribution in [0.3, 0.4) is 0 Å². The number of hydrogen-bond acceptors (Lipinski definition) is 4. The Balaban J connectivity index is 2.21. The number of aryl methyl sites for hydroxylation is 1.